The fourth-order valence-corrected chi connectivity index (χ4v) is 4.09. The van der Waals surface area contributed by atoms with Crippen LogP contribution in [0, 0.1) is 6.92 Å². The molecule has 2 amide bonds. The molecule has 0 spiro atoms. The van der Waals surface area contributed by atoms with Crippen molar-refractivity contribution in [3.8, 4) is 0 Å². The van der Waals surface area contributed by atoms with Crippen molar-refractivity contribution in [1.29, 1.82) is 0 Å². The van der Waals surface area contributed by atoms with E-state index in [0.717, 1.165) is 49.7 Å². The predicted molar refractivity (Wildman–Crippen MR) is 112 cm³/mol. The largest absolute Gasteiger partial charge is 0.298 e. The Bertz CT molecular complexity index is 809. The number of hydrogen-bond acceptors (Lipinski definition) is 5. The Kier molecular flexibility index (Phi) is 7.44. The summed E-state index contributed by atoms with van der Waals surface area (Å²) in [5.74, 6) is -0.482. The summed E-state index contributed by atoms with van der Waals surface area (Å²) >= 11 is 7.31. The molecule has 1 saturated heterocycles. The van der Waals surface area contributed by atoms with Crippen molar-refractivity contribution < 1.29 is 9.59 Å². The third kappa shape index (κ3) is 6.31. The van der Waals surface area contributed by atoms with Crippen molar-refractivity contribution in [2.75, 3.05) is 32.7 Å². The zero-order valence-corrected chi connectivity index (χ0v) is 17.5. The molecule has 28 heavy (non-hydrogen) atoms. The minimum Gasteiger partial charge on any atom is -0.298 e. The first-order valence-electron chi connectivity index (χ1n) is 9.33. The Morgan fingerprint density at radius 2 is 1.79 bits per heavy atom. The van der Waals surface area contributed by atoms with Crippen LogP contribution < -0.4 is 10.9 Å². The van der Waals surface area contributed by atoms with Crippen LogP contribution in [-0.4, -0.2) is 54.3 Å². The van der Waals surface area contributed by atoms with Gasteiger partial charge in [0.05, 0.1) is 11.4 Å². The molecule has 1 aliphatic rings. The smallest absolute Gasteiger partial charge is 0.279 e. The van der Waals surface area contributed by atoms with Crippen molar-refractivity contribution in [3.63, 3.8) is 0 Å². The van der Waals surface area contributed by atoms with Gasteiger partial charge in [0.1, 0.15) is 0 Å². The number of benzene rings is 1. The van der Waals surface area contributed by atoms with E-state index in [1.54, 1.807) is 6.07 Å². The van der Waals surface area contributed by atoms with E-state index in [9.17, 15) is 9.59 Å². The van der Waals surface area contributed by atoms with Crippen LogP contribution in [0.4, 0.5) is 0 Å². The van der Waals surface area contributed by atoms with Gasteiger partial charge in [0, 0.05) is 24.7 Å². The number of hydrogen-bond donors (Lipinski definition) is 2. The second kappa shape index (κ2) is 10.0. The molecule has 6 nitrogen and oxygen atoms in total. The maximum atomic E-state index is 12.2. The number of rotatable bonds is 5. The van der Waals surface area contributed by atoms with Crippen LogP contribution in [-0.2, 0) is 11.3 Å². The van der Waals surface area contributed by atoms with E-state index in [4.69, 9.17) is 11.6 Å². The molecule has 8 heteroatoms. The number of carbonyl (C=O) groups is 2. The number of halogens is 1. The molecule has 0 atom stereocenters. The number of aryl methyl sites for hydroxylation is 1. The summed E-state index contributed by atoms with van der Waals surface area (Å²) in [5.41, 5.74) is 7.28. The molecule has 0 unspecified atom stereocenters. The van der Waals surface area contributed by atoms with Crippen LogP contribution in [0.15, 0.2) is 35.7 Å². The number of carbonyl (C=O) groups excluding carboxylic acids is 2. The fraction of sp³-hybridized carbons (Fsp3) is 0.400. The minimum absolute atomic E-state index is 0.201. The van der Waals surface area contributed by atoms with E-state index in [1.165, 1.54) is 16.9 Å². The standard InChI is InChI=1S/C20H25ClN4O2S/c1-15-11-18(28-14-15)20(27)23-22-19(26)13-25-8-2-7-24(9-10-25)12-16-3-5-17(21)6-4-16/h3-6,11,14H,2,7-10,12-13H2,1H3,(H,22,26)(H,23,27). The van der Waals surface area contributed by atoms with Crippen LogP contribution in [0.5, 0.6) is 0 Å². The van der Waals surface area contributed by atoms with Crippen molar-refractivity contribution >= 4 is 34.8 Å². The van der Waals surface area contributed by atoms with Crippen LogP contribution in [0.3, 0.4) is 0 Å². The molecule has 2 heterocycles. The van der Waals surface area contributed by atoms with Crippen LogP contribution >= 0.6 is 22.9 Å². The van der Waals surface area contributed by atoms with E-state index >= 15 is 0 Å². The van der Waals surface area contributed by atoms with E-state index in [1.807, 2.05) is 24.4 Å². The summed E-state index contributed by atoms with van der Waals surface area (Å²) in [6.07, 6.45) is 1.00. The van der Waals surface area contributed by atoms with Gasteiger partial charge in [-0.2, -0.15) is 0 Å². The highest BCUT2D eigenvalue weighted by atomic mass is 35.5. The Hall–Kier alpha value is -1.93. The third-order valence-corrected chi connectivity index (χ3v) is 5.94. The summed E-state index contributed by atoms with van der Waals surface area (Å²) in [6.45, 7) is 6.67. The topological polar surface area (TPSA) is 64.7 Å². The van der Waals surface area contributed by atoms with Gasteiger partial charge in [-0.05, 0) is 61.1 Å². The summed E-state index contributed by atoms with van der Waals surface area (Å²) < 4.78 is 0. The first kappa shape index (κ1) is 20.8. The number of thiophene rings is 1. The normalized spacial score (nSPS) is 15.8. The van der Waals surface area contributed by atoms with E-state index in [0.29, 0.717) is 4.88 Å². The summed E-state index contributed by atoms with van der Waals surface area (Å²) in [7, 11) is 0. The van der Waals surface area contributed by atoms with Gasteiger partial charge in [0.25, 0.3) is 11.8 Å². The molecular formula is C20H25ClN4O2S. The lowest BCUT2D eigenvalue weighted by atomic mass is 10.2. The van der Waals surface area contributed by atoms with Crippen molar-refractivity contribution in [2.24, 2.45) is 0 Å². The molecule has 0 bridgehead atoms. The van der Waals surface area contributed by atoms with Gasteiger partial charge in [0.2, 0.25) is 0 Å². The summed E-state index contributed by atoms with van der Waals surface area (Å²) in [4.78, 5) is 29.3. The molecule has 0 radical (unpaired) electrons. The van der Waals surface area contributed by atoms with Crippen molar-refractivity contribution in [3.05, 3.63) is 56.7 Å². The second-order valence-electron chi connectivity index (χ2n) is 7.02. The highest BCUT2D eigenvalue weighted by Crippen LogP contribution is 2.14. The lowest BCUT2D eigenvalue weighted by molar-refractivity contribution is -0.123. The molecule has 1 aromatic carbocycles. The molecule has 2 N–H and O–H groups in total. The average molecular weight is 421 g/mol. The van der Waals surface area contributed by atoms with Crippen molar-refractivity contribution in [1.82, 2.24) is 20.7 Å². The zero-order chi connectivity index (χ0) is 19.9. The SMILES string of the molecule is Cc1csc(C(=O)NNC(=O)CN2CCCN(Cc3ccc(Cl)cc3)CC2)c1. The molecule has 0 saturated carbocycles. The number of nitrogens with zero attached hydrogens (tertiary/aromatic N) is 2. The molecule has 3 rings (SSSR count). The lowest BCUT2D eigenvalue weighted by Crippen LogP contribution is -2.46. The Morgan fingerprint density at radius 1 is 1.07 bits per heavy atom. The molecule has 150 valence electrons. The third-order valence-electron chi connectivity index (χ3n) is 4.64. The lowest BCUT2D eigenvalue weighted by Gasteiger charge is -2.21. The number of hydrazine groups is 1. The first-order chi connectivity index (χ1) is 13.5. The van der Waals surface area contributed by atoms with Gasteiger partial charge in [-0.15, -0.1) is 11.3 Å². The molecular weight excluding hydrogens is 396 g/mol. The van der Waals surface area contributed by atoms with Gasteiger partial charge in [-0.25, -0.2) is 0 Å². The van der Waals surface area contributed by atoms with Crippen LogP contribution in [0.25, 0.3) is 0 Å². The summed E-state index contributed by atoms with van der Waals surface area (Å²) in [6, 6.07) is 9.73. The average Bonchev–Trinajstić information content (AvgIpc) is 3.00. The highest BCUT2D eigenvalue weighted by Gasteiger charge is 2.18. The van der Waals surface area contributed by atoms with Gasteiger partial charge >= 0.3 is 0 Å². The number of nitrogens with one attached hydrogen (secondary N) is 2. The monoisotopic (exact) mass is 420 g/mol. The van der Waals surface area contributed by atoms with E-state index in [2.05, 4.69) is 32.8 Å². The highest BCUT2D eigenvalue weighted by molar-refractivity contribution is 7.12. The van der Waals surface area contributed by atoms with Crippen molar-refractivity contribution in [2.45, 2.75) is 19.9 Å². The summed E-state index contributed by atoms with van der Waals surface area (Å²) in [5, 5.41) is 2.65. The molecule has 1 fully saturated rings. The molecule has 1 aliphatic heterocycles. The maximum Gasteiger partial charge on any atom is 0.279 e. The molecule has 0 aliphatic carbocycles. The van der Waals surface area contributed by atoms with Gasteiger partial charge < -0.3 is 0 Å². The fourth-order valence-electron chi connectivity index (χ4n) is 3.17. The molecule has 1 aromatic heterocycles. The zero-order valence-electron chi connectivity index (χ0n) is 15.9. The molecule has 2 aromatic rings. The van der Waals surface area contributed by atoms with Gasteiger partial charge in [-0.1, -0.05) is 23.7 Å². The van der Waals surface area contributed by atoms with E-state index in [-0.39, 0.29) is 18.4 Å². The minimum atomic E-state index is -0.281. The van der Waals surface area contributed by atoms with Crippen LogP contribution in [0.1, 0.15) is 27.2 Å². The maximum absolute atomic E-state index is 12.2. The Balaban J connectivity index is 1.40. The van der Waals surface area contributed by atoms with E-state index < -0.39 is 0 Å². The van der Waals surface area contributed by atoms with Gasteiger partial charge in [0.15, 0.2) is 0 Å². The quantitative estimate of drug-likeness (QED) is 0.730. The first-order valence-corrected chi connectivity index (χ1v) is 10.6. The van der Waals surface area contributed by atoms with Crippen LogP contribution in [0.2, 0.25) is 5.02 Å². The second-order valence-corrected chi connectivity index (χ2v) is 8.37. The Morgan fingerprint density at radius 3 is 2.50 bits per heavy atom. The Labute approximate surface area is 174 Å². The van der Waals surface area contributed by atoms with Gasteiger partial charge in [-0.3, -0.25) is 30.2 Å². The number of amides is 2. The predicted octanol–water partition coefficient (Wildman–Crippen LogP) is 2.68.